The number of carboxylic acid groups (broad SMARTS) is 2. The van der Waals surface area contributed by atoms with Gasteiger partial charge in [-0.2, -0.15) is 10.2 Å². The Bertz CT molecular complexity index is 1470. The third-order valence-corrected chi connectivity index (χ3v) is 5.77. The number of nitrogens with zero attached hydrogens (tertiary/aromatic N) is 4. The first-order valence-electron chi connectivity index (χ1n) is 11.3. The lowest BCUT2D eigenvalue weighted by atomic mass is 10.1. The first-order valence-corrected chi connectivity index (χ1v) is 11.3. The van der Waals surface area contributed by atoms with Gasteiger partial charge in [-0.1, -0.05) is 36.4 Å². The second-order valence-corrected chi connectivity index (χ2v) is 8.35. The molecule has 4 aromatic carbocycles. The molecule has 4 N–H and O–H groups in total. The molecule has 10 heteroatoms. The summed E-state index contributed by atoms with van der Waals surface area (Å²) in [5.74, 6) is -3.35. The fraction of sp³-hybridized carbons (Fsp3) is 0.0714. The van der Waals surface area contributed by atoms with Crippen molar-refractivity contribution < 1.29 is 30.0 Å². The SMILES string of the molecule is Cc1ccc(/N=N/c2ccc(-c3ccc(/N=N/c4ccc(C)c(C(=O)O)c4O)cc3)cc2)c(O)c1C(=O)O. The lowest BCUT2D eigenvalue weighted by Crippen LogP contribution is -1.99. The van der Waals surface area contributed by atoms with E-state index < -0.39 is 23.4 Å². The van der Waals surface area contributed by atoms with Crippen molar-refractivity contribution in [2.45, 2.75) is 13.8 Å². The van der Waals surface area contributed by atoms with E-state index in [9.17, 15) is 30.0 Å². The predicted molar refractivity (Wildman–Crippen MR) is 140 cm³/mol. The summed E-state index contributed by atoms with van der Waals surface area (Å²) in [6.07, 6.45) is 0. The van der Waals surface area contributed by atoms with Gasteiger partial charge in [-0.25, -0.2) is 9.59 Å². The van der Waals surface area contributed by atoms with Crippen molar-refractivity contribution in [1.29, 1.82) is 0 Å². The molecule has 0 saturated carbocycles. The highest BCUT2D eigenvalue weighted by Crippen LogP contribution is 2.35. The minimum atomic E-state index is -1.24. The average Bonchev–Trinajstić information content (AvgIpc) is 2.88. The highest BCUT2D eigenvalue weighted by molar-refractivity contribution is 5.95. The highest BCUT2D eigenvalue weighted by atomic mass is 16.4. The molecule has 0 radical (unpaired) electrons. The average molecular weight is 511 g/mol. The van der Waals surface area contributed by atoms with Crippen molar-refractivity contribution in [3.05, 3.63) is 95.1 Å². The van der Waals surface area contributed by atoms with E-state index in [4.69, 9.17) is 0 Å². The predicted octanol–water partition coefficient (Wildman–Crippen LogP) is 7.61. The summed E-state index contributed by atoms with van der Waals surface area (Å²) in [6, 6.07) is 20.4. The minimum Gasteiger partial charge on any atom is -0.505 e. The summed E-state index contributed by atoms with van der Waals surface area (Å²) < 4.78 is 0. The molecule has 4 rings (SSSR count). The Kier molecular flexibility index (Phi) is 7.24. The summed E-state index contributed by atoms with van der Waals surface area (Å²) in [5, 5.41) is 55.1. The molecule has 0 bridgehead atoms. The Labute approximate surface area is 216 Å². The summed E-state index contributed by atoms with van der Waals surface area (Å²) in [5.41, 5.74) is 3.34. The van der Waals surface area contributed by atoms with Crippen LogP contribution in [0.25, 0.3) is 11.1 Å². The number of phenols is 2. The lowest BCUT2D eigenvalue weighted by Gasteiger charge is -2.06. The van der Waals surface area contributed by atoms with Gasteiger partial charge in [-0.15, -0.1) is 10.2 Å². The molecule has 0 saturated heterocycles. The Balaban J connectivity index is 1.48. The van der Waals surface area contributed by atoms with Crippen molar-refractivity contribution in [1.82, 2.24) is 0 Å². The summed E-state index contributed by atoms with van der Waals surface area (Å²) in [7, 11) is 0. The lowest BCUT2D eigenvalue weighted by molar-refractivity contribution is 0.0681. The third-order valence-electron chi connectivity index (χ3n) is 5.77. The van der Waals surface area contributed by atoms with Gasteiger partial charge in [-0.3, -0.25) is 0 Å². The molecule has 0 aliphatic carbocycles. The molecular weight excluding hydrogens is 488 g/mol. The van der Waals surface area contributed by atoms with Crippen LogP contribution < -0.4 is 0 Å². The van der Waals surface area contributed by atoms with Gasteiger partial charge in [0.2, 0.25) is 0 Å². The summed E-state index contributed by atoms with van der Waals surface area (Å²) in [6.45, 7) is 3.17. The minimum absolute atomic E-state index is 0.0555. The maximum absolute atomic E-state index is 11.3. The molecule has 0 amide bonds. The first-order chi connectivity index (χ1) is 18.2. The van der Waals surface area contributed by atoms with Crippen LogP contribution in [0.3, 0.4) is 0 Å². The van der Waals surface area contributed by atoms with Crippen molar-refractivity contribution in [3.8, 4) is 22.6 Å². The van der Waals surface area contributed by atoms with E-state index in [-0.39, 0.29) is 22.5 Å². The Morgan fingerprint density at radius 2 is 0.868 bits per heavy atom. The zero-order chi connectivity index (χ0) is 27.4. The van der Waals surface area contributed by atoms with Crippen LogP contribution in [0.4, 0.5) is 22.7 Å². The molecule has 0 spiro atoms. The molecule has 10 nitrogen and oxygen atoms in total. The molecule has 190 valence electrons. The Morgan fingerprint density at radius 1 is 0.526 bits per heavy atom. The maximum atomic E-state index is 11.3. The van der Waals surface area contributed by atoms with E-state index in [1.165, 1.54) is 12.1 Å². The van der Waals surface area contributed by atoms with Gasteiger partial charge in [0.15, 0.2) is 11.5 Å². The fourth-order valence-corrected chi connectivity index (χ4v) is 3.73. The van der Waals surface area contributed by atoms with Gasteiger partial charge >= 0.3 is 11.9 Å². The normalized spacial score (nSPS) is 11.3. The molecule has 38 heavy (non-hydrogen) atoms. The number of hydrogen-bond donors (Lipinski definition) is 4. The van der Waals surface area contributed by atoms with Crippen LogP contribution in [0.2, 0.25) is 0 Å². The molecule has 0 aromatic heterocycles. The van der Waals surface area contributed by atoms with E-state index in [0.717, 1.165) is 11.1 Å². The van der Waals surface area contributed by atoms with Crippen molar-refractivity contribution in [2.75, 3.05) is 0 Å². The van der Waals surface area contributed by atoms with Crippen molar-refractivity contribution >= 4 is 34.7 Å². The van der Waals surface area contributed by atoms with Crippen LogP contribution in [0.1, 0.15) is 31.8 Å². The van der Waals surface area contributed by atoms with Gasteiger partial charge in [0.25, 0.3) is 0 Å². The second kappa shape index (κ2) is 10.7. The zero-order valence-electron chi connectivity index (χ0n) is 20.3. The number of aromatic hydroxyl groups is 2. The van der Waals surface area contributed by atoms with Gasteiger partial charge in [0.05, 0.1) is 11.4 Å². The number of aryl methyl sites for hydroxylation is 2. The molecule has 4 aromatic rings. The first kappa shape index (κ1) is 25.7. The van der Waals surface area contributed by atoms with Crippen LogP contribution in [-0.4, -0.2) is 32.4 Å². The highest BCUT2D eigenvalue weighted by Gasteiger charge is 2.17. The summed E-state index contributed by atoms with van der Waals surface area (Å²) in [4.78, 5) is 22.7. The zero-order valence-corrected chi connectivity index (χ0v) is 20.3. The Morgan fingerprint density at radius 3 is 1.18 bits per heavy atom. The van der Waals surface area contributed by atoms with Crippen LogP contribution in [0.5, 0.6) is 11.5 Å². The van der Waals surface area contributed by atoms with Crippen molar-refractivity contribution in [3.63, 3.8) is 0 Å². The van der Waals surface area contributed by atoms with E-state index in [0.29, 0.717) is 22.5 Å². The Hall–Kier alpha value is -5.38. The molecule has 0 unspecified atom stereocenters. The van der Waals surface area contributed by atoms with Gasteiger partial charge in [0.1, 0.15) is 22.5 Å². The van der Waals surface area contributed by atoms with Gasteiger partial charge in [0, 0.05) is 0 Å². The molecule has 0 heterocycles. The molecule has 0 atom stereocenters. The number of carbonyl (C=O) groups is 2. The number of aromatic carboxylic acids is 2. The van der Waals surface area contributed by atoms with E-state index in [1.807, 2.05) is 24.3 Å². The van der Waals surface area contributed by atoms with Gasteiger partial charge in [-0.05, 0) is 72.5 Å². The van der Waals surface area contributed by atoms with E-state index >= 15 is 0 Å². The standard InChI is InChI=1S/C28H22N4O6/c1-15-3-13-21(25(33)23(15)27(35)36)31-29-19-9-5-17(6-10-19)18-7-11-20(12-8-18)30-32-22-14-4-16(2)24(26(22)34)28(37)38/h3-14,33-34H,1-2H3,(H,35,36)(H,37,38)/b31-29+,32-30+. The molecular formula is C28H22N4O6. The van der Waals surface area contributed by atoms with Crippen LogP contribution in [0.15, 0.2) is 93.3 Å². The third kappa shape index (κ3) is 5.39. The number of azo groups is 2. The number of benzene rings is 4. The number of carboxylic acids is 2. The largest absolute Gasteiger partial charge is 0.505 e. The number of rotatable bonds is 7. The topological polar surface area (TPSA) is 164 Å². The van der Waals surface area contributed by atoms with Crippen LogP contribution in [0, 0.1) is 13.8 Å². The molecule has 0 aliphatic heterocycles. The molecule has 0 fully saturated rings. The van der Waals surface area contributed by atoms with Crippen LogP contribution in [-0.2, 0) is 0 Å². The van der Waals surface area contributed by atoms with Crippen LogP contribution >= 0.6 is 0 Å². The quantitative estimate of drug-likeness (QED) is 0.187. The molecule has 0 aliphatic rings. The maximum Gasteiger partial charge on any atom is 0.339 e. The van der Waals surface area contributed by atoms with Crippen molar-refractivity contribution in [2.24, 2.45) is 20.5 Å². The fourth-order valence-electron chi connectivity index (χ4n) is 3.73. The monoisotopic (exact) mass is 510 g/mol. The number of hydrogen-bond acceptors (Lipinski definition) is 8. The van der Waals surface area contributed by atoms with Gasteiger partial charge < -0.3 is 20.4 Å². The summed E-state index contributed by atoms with van der Waals surface area (Å²) >= 11 is 0. The van der Waals surface area contributed by atoms with E-state index in [1.54, 1.807) is 50.2 Å². The van der Waals surface area contributed by atoms with E-state index in [2.05, 4.69) is 20.5 Å². The second-order valence-electron chi connectivity index (χ2n) is 8.35. The smallest absolute Gasteiger partial charge is 0.339 e.